The van der Waals surface area contributed by atoms with Crippen LogP contribution < -0.4 is 10.8 Å². The molecule has 1 aliphatic rings. The largest absolute Gasteiger partial charge is 0.361 e. The molecule has 1 aromatic heterocycles. The fourth-order valence-corrected chi connectivity index (χ4v) is 5.48. The highest BCUT2D eigenvalue weighted by Crippen LogP contribution is 2.37. The number of aromatic amines is 1. The molecular formula is C32H34N4O3. The van der Waals surface area contributed by atoms with E-state index in [1.807, 2.05) is 6.07 Å². The van der Waals surface area contributed by atoms with Crippen molar-refractivity contribution in [2.45, 2.75) is 45.3 Å². The van der Waals surface area contributed by atoms with E-state index in [1.165, 1.54) is 40.6 Å². The van der Waals surface area contributed by atoms with Gasteiger partial charge < -0.3 is 10.3 Å². The normalized spacial score (nSPS) is 14.7. The second-order valence-corrected chi connectivity index (χ2v) is 10.1. The van der Waals surface area contributed by atoms with Crippen LogP contribution in [0, 0.1) is 0 Å². The summed E-state index contributed by atoms with van der Waals surface area (Å²) in [5, 5.41) is 12.9. The third kappa shape index (κ3) is 6.45. The first-order chi connectivity index (χ1) is 19.0. The van der Waals surface area contributed by atoms with Crippen LogP contribution in [0.2, 0.25) is 0 Å². The van der Waals surface area contributed by atoms with Crippen LogP contribution >= 0.6 is 0 Å². The van der Waals surface area contributed by atoms with Gasteiger partial charge in [-0.2, -0.15) is 0 Å². The molecule has 4 aromatic rings. The summed E-state index contributed by atoms with van der Waals surface area (Å²) in [6.07, 6.45) is 8.13. The lowest BCUT2D eigenvalue weighted by atomic mass is 10.0. The Morgan fingerprint density at radius 2 is 1.87 bits per heavy atom. The minimum atomic E-state index is -0.542. The van der Waals surface area contributed by atoms with Crippen LogP contribution in [0.1, 0.15) is 52.8 Å². The second kappa shape index (κ2) is 12.1. The number of amides is 2. The Hall–Kier alpha value is -4.20. The zero-order chi connectivity index (χ0) is 27.2. The number of nitrogens with one attached hydrogen (secondary N) is 3. The van der Waals surface area contributed by atoms with E-state index in [0.29, 0.717) is 12.6 Å². The summed E-state index contributed by atoms with van der Waals surface area (Å²) in [4.78, 5) is 28.7. The van der Waals surface area contributed by atoms with Gasteiger partial charge in [-0.25, -0.2) is 5.48 Å². The van der Waals surface area contributed by atoms with E-state index in [9.17, 15) is 9.59 Å². The fourth-order valence-electron chi connectivity index (χ4n) is 5.48. The van der Waals surface area contributed by atoms with Crippen molar-refractivity contribution in [2.24, 2.45) is 0 Å². The average molecular weight is 523 g/mol. The van der Waals surface area contributed by atoms with Crippen LogP contribution in [-0.2, 0) is 35.5 Å². The first kappa shape index (κ1) is 26.4. The number of para-hydroxylation sites is 1. The Morgan fingerprint density at radius 1 is 1.08 bits per heavy atom. The number of aryl methyl sites for hydroxylation is 1. The molecule has 0 radical (unpaired) electrons. The van der Waals surface area contributed by atoms with Gasteiger partial charge in [-0.1, -0.05) is 60.7 Å². The molecule has 1 atom stereocenters. The van der Waals surface area contributed by atoms with E-state index in [0.717, 1.165) is 49.0 Å². The third-order valence-electron chi connectivity index (χ3n) is 7.48. The average Bonchev–Trinajstić information content (AvgIpc) is 3.57. The summed E-state index contributed by atoms with van der Waals surface area (Å²) in [5.41, 5.74) is 10.0. The van der Waals surface area contributed by atoms with Gasteiger partial charge in [-0.15, -0.1) is 0 Å². The zero-order valence-corrected chi connectivity index (χ0v) is 22.1. The molecule has 5 rings (SSSR count). The van der Waals surface area contributed by atoms with Crippen LogP contribution in [0.25, 0.3) is 17.0 Å². The molecule has 0 bridgehead atoms. The summed E-state index contributed by atoms with van der Waals surface area (Å²) in [5.74, 6) is -0.572. The van der Waals surface area contributed by atoms with Crippen molar-refractivity contribution < 1.29 is 14.8 Å². The van der Waals surface area contributed by atoms with Gasteiger partial charge in [-0.05, 0) is 64.8 Å². The highest BCUT2D eigenvalue weighted by Gasteiger charge is 2.28. The summed E-state index contributed by atoms with van der Waals surface area (Å²) in [6.45, 7) is 3.81. The van der Waals surface area contributed by atoms with Crippen molar-refractivity contribution >= 4 is 28.8 Å². The lowest BCUT2D eigenvalue weighted by Crippen LogP contribution is -2.29. The number of H-pyrrole nitrogens is 1. The van der Waals surface area contributed by atoms with E-state index in [-0.39, 0.29) is 5.91 Å². The number of fused-ring (bicyclic) bond motifs is 2. The molecule has 0 spiro atoms. The van der Waals surface area contributed by atoms with Gasteiger partial charge in [0.15, 0.2) is 0 Å². The number of nitrogens with zero attached hydrogens (tertiary/aromatic N) is 1. The Morgan fingerprint density at radius 3 is 2.67 bits per heavy atom. The SMILES string of the molecule is CC(=O)NCc1ccc(CN(CCc2c[nH]c3ccccc23)C2CCc3cc(C=CC(=O)NO)ccc32)cc1. The van der Waals surface area contributed by atoms with Gasteiger partial charge in [0.05, 0.1) is 0 Å². The zero-order valence-electron chi connectivity index (χ0n) is 22.1. The topological polar surface area (TPSA) is 97.5 Å². The Kier molecular flexibility index (Phi) is 8.20. The van der Waals surface area contributed by atoms with Crippen molar-refractivity contribution in [1.29, 1.82) is 0 Å². The lowest BCUT2D eigenvalue weighted by Gasteiger charge is -2.30. The second-order valence-electron chi connectivity index (χ2n) is 10.1. The Bertz CT molecular complexity index is 1490. The van der Waals surface area contributed by atoms with Crippen LogP contribution in [0.15, 0.2) is 79.0 Å². The molecular weight excluding hydrogens is 488 g/mol. The number of aromatic nitrogens is 1. The van der Waals surface area contributed by atoms with Gasteiger partial charge in [-0.3, -0.25) is 19.7 Å². The predicted molar refractivity (Wildman–Crippen MR) is 153 cm³/mol. The molecule has 7 heteroatoms. The molecule has 1 unspecified atom stereocenters. The van der Waals surface area contributed by atoms with Gasteiger partial charge in [0.2, 0.25) is 5.91 Å². The molecule has 0 saturated heterocycles. The van der Waals surface area contributed by atoms with Gasteiger partial charge in [0, 0.05) is 55.8 Å². The van der Waals surface area contributed by atoms with Gasteiger partial charge in [0.25, 0.3) is 5.91 Å². The van der Waals surface area contributed by atoms with E-state index in [4.69, 9.17) is 5.21 Å². The van der Waals surface area contributed by atoms with Crippen molar-refractivity contribution in [1.82, 2.24) is 20.7 Å². The van der Waals surface area contributed by atoms with Crippen LogP contribution in [0.5, 0.6) is 0 Å². The first-order valence-electron chi connectivity index (χ1n) is 13.4. The lowest BCUT2D eigenvalue weighted by molar-refractivity contribution is -0.124. The number of hydrogen-bond donors (Lipinski definition) is 4. The predicted octanol–water partition coefficient (Wildman–Crippen LogP) is 5.05. The molecule has 200 valence electrons. The molecule has 39 heavy (non-hydrogen) atoms. The van der Waals surface area contributed by atoms with Crippen molar-refractivity contribution in [3.8, 4) is 0 Å². The van der Waals surface area contributed by atoms with Crippen LogP contribution in [0.4, 0.5) is 0 Å². The Labute approximate surface area is 228 Å². The molecule has 2 amide bonds. The summed E-state index contributed by atoms with van der Waals surface area (Å²) in [7, 11) is 0. The quantitative estimate of drug-likeness (QED) is 0.133. The summed E-state index contributed by atoms with van der Waals surface area (Å²) in [6, 6.07) is 23.6. The maximum absolute atomic E-state index is 11.4. The van der Waals surface area contributed by atoms with Crippen molar-refractivity contribution in [3.63, 3.8) is 0 Å². The smallest absolute Gasteiger partial charge is 0.267 e. The van der Waals surface area contributed by atoms with Crippen LogP contribution in [-0.4, -0.2) is 33.5 Å². The summed E-state index contributed by atoms with van der Waals surface area (Å²) < 4.78 is 0. The number of rotatable bonds is 10. The molecule has 0 aliphatic heterocycles. The highest BCUT2D eigenvalue weighted by molar-refractivity contribution is 5.90. The van der Waals surface area contributed by atoms with Gasteiger partial charge in [0.1, 0.15) is 0 Å². The third-order valence-corrected chi connectivity index (χ3v) is 7.48. The molecule has 3 aromatic carbocycles. The fraction of sp³-hybridized carbons (Fsp3) is 0.250. The highest BCUT2D eigenvalue weighted by atomic mass is 16.5. The van der Waals surface area contributed by atoms with Crippen molar-refractivity contribution in [3.05, 3.63) is 112 Å². The molecule has 1 heterocycles. The monoisotopic (exact) mass is 522 g/mol. The first-order valence-corrected chi connectivity index (χ1v) is 13.4. The Balaban J connectivity index is 1.37. The maximum Gasteiger partial charge on any atom is 0.267 e. The van der Waals surface area contributed by atoms with E-state index in [1.54, 1.807) is 11.6 Å². The van der Waals surface area contributed by atoms with Crippen LogP contribution in [0.3, 0.4) is 0 Å². The molecule has 1 aliphatic carbocycles. The van der Waals surface area contributed by atoms with E-state index < -0.39 is 5.91 Å². The van der Waals surface area contributed by atoms with E-state index >= 15 is 0 Å². The van der Waals surface area contributed by atoms with E-state index in [2.05, 4.69) is 82.1 Å². The number of benzene rings is 3. The number of hydroxylamine groups is 1. The standard InChI is InChI=1S/C32H34N4O3/c1-22(37)33-19-24-6-8-25(9-7-24)21-36(17-16-27-20-34-30-5-3-2-4-28(27)30)31-14-12-26-18-23(10-13-29(26)31)11-15-32(38)35-39/h2-11,13,15,18,20,31,34,39H,12,14,16-17,19,21H2,1H3,(H,33,37)(H,35,38). The molecule has 0 fully saturated rings. The number of carbonyl (C=O) groups excluding carboxylic acids is 2. The molecule has 4 N–H and O–H groups in total. The number of carbonyl (C=O) groups is 2. The number of hydrogen-bond acceptors (Lipinski definition) is 4. The van der Waals surface area contributed by atoms with Gasteiger partial charge >= 0.3 is 0 Å². The minimum Gasteiger partial charge on any atom is -0.361 e. The van der Waals surface area contributed by atoms with Crippen molar-refractivity contribution in [2.75, 3.05) is 6.54 Å². The maximum atomic E-state index is 11.4. The summed E-state index contributed by atoms with van der Waals surface area (Å²) >= 11 is 0. The minimum absolute atomic E-state index is 0.0299. The molecule has 7 nitrogen and oxygen atoms in total. The molecule has 0 saturated carbocycles.